The van der Waals surface area contributed by atoms with Crippen LogP contribution in [-0.4, -0.2) is 121 Å². The first-order chi connectivity index (χ1) is 26.2. The molecular weight excluding hydrogens is 697 g/mol. The summed E-state index contributed by atoms with van der Waals surface area (Å²) in [5.74, 6) is 1.66. The van der Waals surface area contributed by atoms with Gasteiger partial charge in [-0.25, -0.2) is 0 Å². The minimum Gasteiger partial charge on any atom is -0.394 e. The van der Waals surface area contributed by atoms with Gasteiger partial charge < -0.3 is 25.2 Å². The zero-order valence-electron chi connectivity index (χ0n) is 35.5. The number of fused-ring (bicyclic) bond motifs is 2. The van der Waals surface area contributed by atoms with Gasteiger partial charge in [0.15, 0.2) is 0 Å². The third-order valence-electron chi connectivity index (χ3n) is 16.3. The molecule has 1 aliphatic heterocycles. The van der Waals surface area contributed by atoms with Gasteiger partial charge in [-0.2, -0.15) is 5.06 Å². The maximum Gasteiger partial charge on any atom is 0.240 e. The van der Waals surface area contributed by atoms with Crippen molar-refractivity contribution >= 4 is 17.7 Å². The highest BCUT2D eigenvalue weighted by Gasteiger charge is 2.58. The van der Waals surface area contributed by atoms with Crippen LogP contribution in [0.25, 0.3) is 0 Å². The summed E-state index contributed by atoms with van der Waals surface area (Å²) in [4.78, 5) is 51.8. The fraction of sp³-hybridized carbons (Fsp3) is 0.932. The molecule has 7 fully saturated rings. The van der Waals surface area contributed by atoms with Crippen molar-refractivity contribution in [2.24, 2.45) is 58.7 Å². The summed E-state index contributed by atoms with van der Waals surface area (Å²) in [6.07, 6.45) is 13.4. The number of ether oxygens (including phenoxy) is 1. The van der Waals surface area contributed by atoms with E-state index in [1.807, 2.05) is 0 Å². The smallest absolute Gasteiger partial charge is 0.240 e. The van der Waals surface area contributed by atoms with Gasteiger partial charge in [-0.05, 0) is 113 Å². The predicted octanol–water partition coefficient (Wildman–Crippen LogP) is 5.27. The summed E-state index contributed by atoms with van der Waals surface area (Å²) in [5.41, 5.74) is 0.305. The van der Waals surface area contributed by atoms with Gasteiger partial charge in [0, 0.05) is 57.0 Å². The highest BCUT2D eigenvalue weighted by molar-refractivity contribution is 5.96. The lowest BCUT2D eigenvalue weighted by Gasteiger charge is -2.62. The molecule has 1 saturated heterocycles. The van der Waals surface area contributed by atoms with Crippen molar-refractivity contribution in [3.63, 3.8) is 0 Å². The standard InChI is InChI=1S/C44H76N4O7/c1-26-35-22-32(44(35,3)4)23-36(26)45-42(52)40-39(27(2)50)37(25-49)55-48(40)24-29-15-12-16-34(41(29)54-8)30-19-31(21-33(20-30)46(5)6)43(53)47(7)38(51)18-17-28-13-10-9-11-14-28/h26-37,39-41,49-50H,9-25H2,1-8H3,(H,45,52)/t26-,27-,29?,30?,31?,32+,33?,34?,35-,36-,37-,39+,40-,41?/m0/s1. The van der Waals surface area contributed by atoms with Gasteiger partial charge in [-0.3, -0.25) is 24.1 Å². The maximum absolute atomic E-state index is 14.3. The number of aliphatic hydroxyl groups is 2. The van der Waals surface area contributed by atoms with E-state index in [1.165, 1.54) is 43.4 Å². The maximum atomic E-state index is 14.3. The number of amides is 3. The third-order valence-corrected chi connectivity index (χ3v) is 16.3. The van der Waals surface area contributed by atoms with Gasteiger partial charge in [0.1, 0.15) is 12.1 Å². The van der Waals surface area contributed by atoms with E-state index in [-0.39, 0.29) is 66.2 Å². The van der Waals surface area contributed by atoms with E-state index in [2.05, 4.69) is 45.1 Å². The Balaban J connectivity index is 1.14. The second kappa shape index (κ2) is 18.1. The number of hydrogen-bond acceptors (Lipinski definition) is 9. The van der Waals surface area contributed by atoms with Crippen LogP contribution in [0.3, 0.4) is 0 Å². The van der Waals surface area contributed by atoms with E-state index >= 15 is 0 Å². The van der Waals surface area contributed by atoms with Gasteiger partial charge in [0.25, 0.3) is 0 Å². The normalized spacial score (nSPS) is 40.0. The summed E-state index contributed by atoms with van der Waals surface area (Å²) in [7, 11) is 7.66. The Labute approximate surface area is 331 Å². The van der Waals surface area contributed by atoms with Gasteiger partial charge in [-0.15, -0.1) is 0 Å². The van der Waals surface area contributed by atoms with Crippen molar-refractivity contribution in [2.75, 3.05) is 41.4 Å². The summed E-state index contributed by atoms with van der Waals surface area (Å²) >= 11 is 0. The van der Waals surface area contributed by atoms with Gasteiger partial charge in [-0.1, -0.05) is 59.3 Å². The molecule has 6 unspecified atom stereocenters. The van der Waals surface area contributed by atoms with Crippen LogP contribution in [0.2, 0.25) is 0 Å². The molecule has 314 valence electrons. The molecule has 6 aliphatic carbocycles. The van der Waals surface area contributed by atoms with Crippen LogP contribution in [-0.2, 0) is 24.0 Å². The van der Waals surface area contributed by atoms with E-state index in [0.717, 1.165) is 51.4 Å². The van der Waals surface area contributed by atoms with Crippen molar-refractivity contribution in [2.45, 2.75) is 160 Å². The van der Waals surface area contributed by atoms with Crippen molar-refractivity contribution in [3.8, 4) is 0 Å². The van der Waals surface area contributed by atoms with E-state index in [1.54, 1.807) is 26.1 Å². The zero-order valence-corrected chi connectivity index (χ0v) is 35.5. The molecule has 55 heavy (non-hydrogen) atoms. The van der Waals surface area contributed by atoms with Crippen LogP contribution in [0.4, 0.5) is 0 Å². The lowest BCUT2D eigenvalue weighted by Crippen LogP contribution is -2.62. The Morgan fingerprint density at radius 3 is 2.33 bits per heavy atom. The molecule has 6 saturated carbocycles. The second-order valence-electron chi connectivity index (χ2n) is 19.9. The fourth-order valence-electron chi connectivity index (χ4n) is 12.8. The average molecular weight is 773 g/mol. The largest absolute Gasteiger partial charge is 0.394 e. The lowest BCUT2D eigenvalue weighted by atomic mass is 9.45. The molecule has 14 atom stereocenters. The van der Waals surface area contributed by atoms with Crippen LogP contribution in [0.15, 0.2) is 0 Å². The van der Waals surface area contributed by atoms with Crippen LogP contribution in [0.1, 0.15) is 124 Å². The predicted molar refractivity (Wildman–Crippen MR) is 212 cm³/mol. The van der Waals surface area contributed by atoms with Gasteiger partial charge in [0.05, 0.1) is 18.8 Å². The molecule has 11 heteroatoms. The van der Waals surface area contributed by atoms with Gasteiger partial charge >= 0.3 is 0 Å². The number of rotatable bonds is 13. The summed E-state index contributed by atoms with van der Waals surface area (Å²) in [6.45, 7) is 8.85. The number of methoxy groups -OCH3 is 1. The van der Waals surface area contributed by atoms with E-state index in [9.17, 15) is 24.6 Å². The first-order valence-electron chi connectivity index (χ1n) is 22.2. The Hall–Kier alpha value is -1.63. The lowest BCUT2D eigenvalue weighted by molar-refractivity contribution is -0.193. The molecule has 0 aromatic rings. The van der Waals surface area contributed by atoms with E-state index in [0.29, 0.717) is 42.1 Å². The zero-order chi connectivity index (χ0) is 39.8. The highest BCUT2D eigenvalue weighted by Crippen LogP contribution is 2.61. The number of nitrogens with zero attached hydrogens (tertiary/aromatic N) is 3. The molecule has 0 spiro atoms. The fourth-order valence-corrected chi connectivity index (χ4v) is 12.8. The number of hydroxylamine groups is 2. The average Bonchev–Trinajstić information content (AvgIpc) is 3.55. The molecule has 1 heterocycles. The quantitative estimate of drug-likeness (QED) is 0.229. The Morgan fingerprint density at radius 1 is 0.982 bits per heavy atom. The van der Waals surface area contributed by atoms with Gasteiger partial charge in [0.2, 0.25) is 17.7 Å². The molecular formula is C44H76N4O7. The van der Waals surface area contributed by atoms with Crippen molar-refractivity contribution in [1.82, 2.24) is 20.2 Å². The van der Waals surface area contributed by atoms with E-state index < -0.39 is 24.2 Å². The van der Waals surface area contributed by atoms with Crippen LogP contribution in [0, 0.1) is 58.7 Å². The summed E-state index contributed by atoms with van der Waals surface area (Å²) < 4.78 is 6.40. The Morgan fingerprint density at radius 2 is 1.71 bits per heavy atom. The first-order valence-corrected chi connectivity index (χ1v) is 22.2. The number of nitrogens with one attached hydrogen (secondary N) is 1. The molecule has 0 aromatic carbocycles. The molecule has 0 aromatic heterocycles. The van der Waals surface area contributed by atoms with Crippen molar-refractivity contribution < 1.29 is 34.2 Å². The number of aliphatic hydroxyl groups excluding tert-OH is 2. The van der Waals surface area contributed by atoms with Crippen LogP contribution in [0.5, 0.6) is 0 Å². The number of imide groups is 1. The number of carbonyl (C=O) groups excluding carboxylic acids is 3. The molecule has 0 radical (unpaired) electrons. The second-order valence-corrected chi connectivity index (χ2v) is 19.9. The molecule has 7 rings (SSSR count). The van der Waals surface area contributed by atoms with Crippen molar-refractivity contribution in [1.29, 1.82) is 0 Å². The first kappa shape index (κ1) is 43.0. The monoisotopic (exact) mass is 773 g/mol. The minimum atomic E-state index is -0.844. The third kappa shape index (κ3) is 9.02. The van der Waals surface area contributed by atoms with E-state index in [4.69, 9.17) is 9.57 Å². The SMILES string of the molecule is COC1C(CN2O[C@@H](CO)[C@@H]([C@H](C)O)[C@H]2C(=O)N[C@H]2C[C@H]3C[C@@H]([C@@H]2C)C3(C)C)CCCC1C1CC(C(=O)N(C)C(=O)CCC2CCCCC2)CC(N(C)C)C1. The van der Waals surface area contributed by atoms with Crippen LogP contribution < -0.4 is 5.32 Å². The topological polar surface area (TPSA) is 132 Å². The molecule has 3 N–H and O–H groups in total. The highest BCUT2D eigenvalue weighted by atomic mass is 16.7. The molecule has 7 aliphatic rings. The number of hydrogen-bond donors (Lipinski definition) is 3. The minimum absolute atomic E-state index is 0.0433. The van der Waals surface area contributed by atoms with Crippen LogP contribution >= 0.6 is 0 Å². The molecule has 3 amide bonds. The van der Waals surface area contributed by atoms with Crippen molar-refractivity contribution in [3.05, 3.63) is 0 Å². The Kier molecular flexibility index (Phi) is 14.1. The summed E-state index contributed by atoms with van der Waals surface area (Å²) in [5, 5.41) is 26.6. The number of carbonyl (C=O) groups is 3. The Bertz CT molecular complexity index is 1320. The summed E-state index contributed by atoms with van der Waals surface area (Å²) in [6, 6.07) is -0.422. The molecule has 11 nitrogen and oxygen atoms in total. The molecule has 2 bridgehead atoms.